The van der Waals surface area contributed by atoms with E-state index >= 15 is 0 Å². The lowest BCUT2D eigenvalue weighted by molar-refractivity contribution is -0.137. The third-order valence-corrected chi connectivity index (χ3v) is 5.48. The van der Waals surface area contributed by atoms with E-state index in [-0.39, 0.29) is 24.0 Å². The molecule has 29 heavy (non-hydrogen) atoms. The van der Waals surface area contributed by atoms with E-state index in [9.17, 15) is 14.0 Å². The zero-order valence-electron chi connectivity index (χ0n) is 15.3. The van der Waals surface area contributed by atoms with E-state index in [2.05, 4.69) is 5.32 Å². The predicted molar refractivity (Wildman–Crippen MR) is 111 cm³/mol. The number of hydrogen-bond donors (Lipinski definition) is 1. The Hall–Kier alpha value is -3.38. The molecule has 3 aromatic rings. The van der Waals surface area contributed by atoms with Crippen molar-refractivity contribution in [3.05, 3.63) is 107 Å². The Morgan fingerprint density at radius 1 is 0.793 bits per heavy atom. The monoisotopic (exact) mass is 404 g/mol. The van der Waals surface area contributed by atoms with E-state index in [1.165, 1.54) is 40.9 Å². The molecule has 4 rings (SSSR count). The highest BCUT2D eigenvalue weighted by Gasteiger charge is 2.39. The number of rotatable bonds is 6. The van der Waals surface area contributed by atoms with Gasteiger partial charge in [0.25, 0.3) is 11.8 Å². The minimum atomic E-state index is -0.401. The van der Waals surface area contributed by atoms with Crippen molar-refractivity contribution in [1.29, 1.82) is 0 Å². The highest BCUT2D eigenvalue weighted by Crippen LogP contribution is 2.36. The molecule has 2 amide bonds. The molecule has 4 nitrogen and oxygen atoms in total. The van der Waals surface area contributed by atoms with Gasteiger partial charge in [-0.25, -0.2) is 4.39 Å². The van der Waals surface area contributed by atoms with E-state index in [4.69, 9.17) is 0 Å². The molecule has 1 aliphatic rings. The Morgan fingerprint density at radius 3 is 2.07 bits per heavy atom. The van der Waals surface area contributed by atoms with Gasteiger partial charge in [-0.3, -0.25) is 14.5 Å². The molecule has 0 unspecified atom stereocenters. The molecule has 0 fully saturated rings. The zero-order chi connectivity index (χ0) is 20.2. The van der Waals surface area contributed by atoms with E-state index in [0.29, 0.717) is 10.6 Å². The summed E-state index contributed by atoms with van der Waals surface area (Å²) in [5.41, 5.74) is 1.60. The Kier molecular flexibility index (Phi) is 5.44. The molecule has 0 aliphatic carbocycles. The molecular weight excluding hydrogens is 387 g/mol. The highest BCUT2D eigenvalue weighted by atomic mass is 32.2. The summed E-state index contributed by atoms with van der Waals surface area (Å²) < 4.78 is 13.2. The maximum atomic E-state index is 13.2. The van der Waals surface area contributed by atoms with Crippen molar-refractivity contribution >= 4 is 29.3 Å². The largest absolute Gasteiger partial charge is 0.350 e. The lowest BCUT2D eigenvalue weighted by Gasteiger charge is -2.15. The van der Waals surface area contributed by atoms with Gasteiger partial charge < -0.3 is 5.32 Å². The number of carbonyl (C=O) groups is 2. The Labute approximate surface area is 172 Å². The van der Waals surface area contributed by atoms with Crippen LogP contribution in [0.25, 0.3) is 0 Å². The maximum absolute atomic E-state index is 13.2. The average Bonchev–Trinajstić information content (AvgIpc) is 2.96. The van der Waals surface area contributed by atoms with E-state index in [1.807, 2.05) is 60.7 Å². The number of halogens is 1. The van der Waals surface area contributed by atoms with Crippen LogP contribution in [-0.2, 0) is 16.1 Å². The van der Waals surface area contributed by atoms with Gasteiger partial charge in [-0.1, -0.05) is 60.3 Å². The fourth-order valence-corrected chi connectivity index (χ4v) is 3.92. The van der Waals surface area contributed by atoms with Crippen molar-refractivity contribution in [1.82, 2.24) is 4.90 Å². The van der Waals surface area contributed by atoms with Gasteiger partial charge >= 0.3 is 0 Å². The second-order valence-corrected chi connectivity index (χ2v) is 7.52. The number of nitrogens with zero attached hydrogens (tertiary/aromatic N) is 1. The van der Waals surface area contributed by atoms with Crippen LogP contribution in [0.3, 0.4) is 0 Å². The number of anilines is 1. The van der Waals surface area contributed by atoms with E-state index in [0.717, 1.165) is 10.5 Å². The summed E-state index contributed by atoms with van der Waals surface area (Å²) in [5.74, 6) is -1.12. The summed E-state index contributed by atoms with van der Waals surface area (Å²) in [6.45, 7) is 0.186. The Balaban J connectivity index is 1.67. The molecule has 3 aromatic carbocycles. The zero-order valence-corrected chi connectivity index (χ0v) is 16.2. The standard InChI is InChI=1S/C23H17FN2O2S/c24-17-11-13-18(14-12-17)25-20-21(29-19-9-5-2-6-10-19)23(28)26(22(20)27)15-16-7-3-1-4-8-16/h1-14,25H,15H2. The SMILES string of the molecule is O=C1C(Nc2ccc(F)cc2)=C(Sc2ccccc2)C(=O)N1Cc1ccccc1. The van der Waals surface area contributed by atoms with Crippen LogP contribution in [0.5, 0.6) is 0 Å². The van der Waals surface area contributed by atoms with Crippen LogP contribution in [-0.4, -0.2) is 16.7 Å². The van der Waals surface area contributed by atoms with Crippen molar-refractivity contribution in [3.8, 4) is 0 Å². The second-order valence-electron chi connectivity index (χ2n) is 6.43. The first-order valence-corrected chi connectivity index (χ1v) is 9.83. The van der Waals surface area contributed by atoms with Crippen molar-refractivity contribution in [2.45, 2.75) is 11.4 Å². The number of amides is 2. The number of nitrogens with one attached hydrogen (secondary N) is 1. The minimum Gasteiger partial charge on any atom is -0.350 e. The summed E-state index contributed by atoms with van der Waals surface area (Å²) in [5, 5.41) is 3.01. The van der Waals surface area contributed by atoms with Crippen LogP contribution in [0.1, 0.15) is 5.56 Å². The third-order valence-electron chi connectivity index (χ3n) is 4.39. The van der Waals surface area contributed by atoms with Crippen LogP contribution >= 0.6 is 11.8 Å². The second kappa shape index (κ2) is 8.32. The van der Waals surface area contributed by atoms with Gasteiger partial charge in [-0.2, -0.15) is 0 Å². The number of hydrogen-bond acceptors (Lipinski definition) is 4. The summed E-state index contributed by atoms with van der Waals surface area (Å²) >= 11 is 1.24. The van der Waals surface area contributed by atoms with Gasteiger partial charge in [-0.15, -0.1) is 0 Å². The van der Waals surface area contributed by atoms with E-state index in [1.54, 1.807) is 0 Å². The first-order valence-electron chi connectivity index (χ1n) is 9.02. The lowest BCUT2D eigenvalue weighted by Crippen LogP contribution is -2.31. The molecule has 0 atom stereocenters. The lowest BCUT2D eigenvalue weighted by atomic mass is 10.2. The Bertz CT molecular complexity index is 1070. The third kappa shape index (κ3) is 4.22. The fourth-order valence-electron chi connectivity index (χ4n) is 2.95. The number of imide groups is 1. The summed E-state index contributed by atoms with van der Waals surface area (Å²) in [4.78, 5) is 28.6. The molecule has 1 aliphatic heterocycles. The minimum absolute atomic E-state index is 0.186. The molecule has 0 spiro atoms. The molecule has 0 radical (unpaired) electrons. The first kappa shape index (κ1) is 19.0. The van der Waals surface area contributed by atoms with Crippen LogP contribution in [0.2, 0.25) is 0 Å². The van der Waals surface area contributed by atoms with Gasteiger partial charge in [0.15, 0.2) is 0 Å². The summed E-state index contributed by atoms with van der Waals surface area (Å²) in [6, 6.07) is 24.4. The van der Waals surface area contributed by atoms with Crippen molar-refractivity contribution in [2.24, 2.45) is 0 Å². The number of benzene rings is 3. The molecule has 0 saturated heterocycles. The topological polar surface area (TPSA) is 49.4 Å². The van der Waals surface area contributed by atoms with Crippen LogP contribution in [0, 0.1) is 5.82 Å². The molecular formula is C23H17FN2O2S. The Morgan fingerprint density at radius 2 is 1.41 bits per heavy atom. The van der Waals surface area contributed by atoms with E-state index < -0.39 is 5.91 Å². The molecule has 144 valence electrons. The van der Waals surface area contributed by atoms with Gasteiger partial charge in [0, 0.05) is 10.6 Å². The first-order chi connectivity index (χ1) is 14.1. The molecule has 1 heterocycles. The number of thioether (sulfide) groups is 1. The molecule has 0 saturated carbocycles. The van der Waals surface area contributed by atoms with Gasteiger partial charge in [0.2, 0.25) is 0 Å². The molecule has 0 bridgehead atoms. The normalized spacial score (nSPS) is 13.9. The quantitative estimate of drug-likeness (QED) is 0.599. The van der Waals surface area contributed by atoms with Crippen LogP contribution in [0.4, 0.5) is 10.1 Å². The molecule has 6 heteroatoms. The average molecular weight is 404 g/mol. The van der Waals surface area contributed by atoms with Gasteiger partial charge in [-0.05, 0) is 42.0 Å². The van der Waals surface area contributed by atoms with Crippen molar-refractivity contribution < 1.29 is 14.0 Å². The van der Waals surface area contributed by atoms with Crippen LogP contribution in [0.15, 0.2) is 100 Å². The van der Waals surface area contributed by atoms with Crippen molar-refractivity contribution in [3.63, 3.8) is 0 Å². The number of carbonyl (C=O) groups excluding carboxylic acids is 2. The fraction of sp³-hybridized carbons (Fsp3) is 0.0435. The molecule has 0 aromatic heterocycles. The maximum Gasteiger partial charge on any atom is 0.278 e. The van der Waals surface area contributed by atoms with Gasteiger partial charge in [0.1, 0.15) is 16.4 Å². The summed E-state index contributed by atoms with van der Waals surface area (Å²) in [7, 11) is 0. The highest BCUT2D eigenvalue weighted by molar-refractivity contribution is 8.04. The van der Waals surface area contributed by atoms with Crippen LogP contribution < -0.4 is 5.32 Å². The van der Waals surface area contributed by atoms with Crippen molar-refractivity contribution in [2.75, 3.05) is 5.32 Å². The summed E-state index contributed by atoms with van der Waals surface area (Å²) in [6.07, 6.45) is 0. The smallest absolute Gasteiger partial charge is 0.278 e. The van der Waals surface area contributed by atoms with Gasteiger partial charge in [0.05, 0.1) is 6.54 Å². The predicted octanol–water partition coefficient (Wildman–Crippen LogP) is 4.81. The molecule has 1 N–H and O–H groups in total.